The molecule has 3 heterocycles. The molecular weight excluding hydrogens is 350 g/mol. The summed E-state index contributed by atoms with van der Waals surface area (Å²) in [6, 6.07) is 9.72. The van der Waals surface area contributed by atoms with Crippen molar-refractivity contribution in [3.8, 4) is 0 Å². The van der Waals surface area contributed by atoms with Gasteiger partial charge in [-0.25, -0.2) is 13.8 Å². The number of aryl methyl sites for hydroxylation is 1. The van der Waals surface area contributed by atoms with Gasteiger partial charge in [0, 0.05) is 44.0 Å². The molecular formula is C20H20F2N4O. The third kappa shape index (κ3) is 3.68. The van der Waals surface area contributed by atoms with Crippen LogP contribution >= 0.6 is 0 Å². The van der Waals surface area contributed by atoms with Crippen molar-refractivity contribution in [1.82, 2.24) is 19.6 Å². The van der Waals surface area contributed by atoms with Gasteiger partial charge in [0.1, 0.15) is 11.3 Å². The van der Waals surface area contributed by atoms with Crippen LogP contribution in [-0.4, -0.2) is 39.8 Å². The Morgan fingerprint density at radius 1 is 1.22 bits per heavy atom. The van der Waals surface area contributed by atoms with Crippen LogP contribution < -0.4 is 5.32 Å². The standard InChI is InChI=1S/C20H20F2N4O/c1-13-3-2-4-19-24-18(12-26(13)19)20(27)23-8-15-10-25(11-15)9-14-5-6-16(21)17(22)7-14/h2-7,12,15H,8-11H2,1H3,(H,23,27). The summed E-state index contributed by atoms with van der Waals surface area (Å²) in [6.07, 6.45) is 1.75. The highest BCUT2D eigenvalue weighted by atomic mass is 19.2. The van der Waals surface area contributed by atoms with E-state index in [2.05, 4.69) is 15.2 Å². The Labute approximate surface area is 155 Å². The first-order valence-corrected chi connectivity index (χ1v) is 8.89. The van der Waals surface area contributed by atoms with Gasteiger partial charge in [0.05, 0.1) is 0 Å². The molecule has 1 fully saturated rings. The van der Waals surface area contributed by atoms with Gasteiger partial charge >= 0.3 is 0 Å². The van der Waals surface area contributed by atoms with E-state index in [1.807, 2.05) is 29.5 Å². The van der Waals surface area contributed by atoms with Gasteiger partial charge in [-0.15, -0.1) is 0 Å². The number of amides is 1. The monoisotopic (exact) mass is 370 g/mol. The van der Waals surface area contributed by atoms with Crippen molar-refractivity contribution in [3.05, 3.63) is 71.2 Å². The smallest absolute Gasteiger partial charge is 0.271 e. The molecule has 140 valence electrons. The molecule has 7 heteroatoms. The topological polar surface area (TPSA) is 49.6 Å². The van der Waals surface area contributed by atoms with Crippen LogP contribution in [0, 0.1) is 24.5 Å². The highest BCUT2D eigenvalue weighted by molar-refractivity contribution is 5.92. The van der Waals surface area contributed by atoms with Gasteiger partial charge in [-0.05, 0) is 36.8 Å². The molecule has 27 heavy (non-hydrogen) atoms. The first-order chi connectivity index (χ1) is 13.0. The molecule has 1 aliphatic rings. The molecule has 1 aromatic carbocycles. The van der Waals surface area contributed by atoms with Crippen LogP contribution in [0.4, 0.5) is 8.78 Å². The highest BCUT2D eigenvalue weighted by Gasteiger charge is 2.27. The summed E-state index contributed by atoms with van der Waals surface area (Å²) in [7, 11) is 0. The number of carbonyl (C=O) groups is 1. The number of rotatable bonds is 5. The molecule has 2 aromatic heterocycles. The van der Waals surface area contributed by atoms with Crippen LogP contribution in [0.2, 0.25) is 0 Å². The van der Waals surface area contributed by atoms with Crippen molar-refractivity contribution in [2.24, 2.45) is 5.92 Å². The van der Waals surface area contributed by atoms with Crippen molar-refractivity contribution in [2.45, 2.75) is 13.5 Å². The van der Waals surface area contributed by atoms with Crippen LogP contribution in [0.15, 0.2) is 42.6 Å². The van der Waals surface area contributed by atoms with Gasteiger partial charge in [0.25, 0.3) is 5.91 Å². The van der Waals surface area contributed by atoms with Gasteiger partial charge in [-0.1, -0.05) is 12.1 Å². The highest BCUT2D eigenvalue weighted by Crippen LogP contribution is 2.19. The quantitative estimate of drug-likeness (QED) is 0.751. The Hall–Kier alpha value is -2.80. The lowest BCUT2D eigenvalue weighted by atomic mass is 9.99. The number of benzene rings is 1. The maximum absolute atomic E-state index is 13.3. The summed E-state index contributed by atoms with van der Waals surface area (Å²) in [6.45, 7) is 4.73. The number of hydrogen-bond donors (Lipinski definition) is 1. The molecule has 0 unspecified atom stereocenters. The van der Waals surface area contributed by atoms with E-state index in [4.69, 9.17) is 0 Å². The number of fused-ring (bicyclic) bond motifs is 1. The van der Waals surface area contributed by atoms with E-state index in [1.165, 1.54) is 6.07 Å². The fourth-order valence-corrected chi connectivity index (χ4v) is 3.42. The van der Waals surface area contributed by atoms with Crippen LogP contribution in [0.1, 0.15) is 21.7 Å². The minimum absolute atomic E-state index is 0.183. The molecule has 1 amide bonds. The molecule has 0 atom stereocenters. The summed E-state index contributed by atoms with van der Waals surface area (Å²) in [5.74, 6) is -1.49. The maximum atomic E-state index is 13.3. The van der Waals surface area contributed by atoms with Crippen molar-refractivity contribution < 1.29 is 13.6 Å². The molecule has 0 spiro atoms. The summed E-state index contributed by atoms with van der Waals surface area (Å²) in [5.41, 5.74) is 2.92. The molecule has 0 bridgehead atoms. The second kappa shape index (κ2) is 7.08. The summed E-state index contributed by atoms with van der Waals surface area (Å²) >= 11 is 0. The Balaban J connectivity index is 1.27. The van der Waals surface area contributed by atoms with Gasteiger partial charge in [0.15, 0.2) is 11.6 Å². The van der Waals surface area contributed by atoms with Crippen LogP contribution in [-0.2, 0) is 6.54 Å². The lowest BCUT2D eigenvalue weighted by molar-refractivity contribution is 0.0795. The third-order valence-corrected chi connectivity index (χ3v) is 4.90. The minimum atomic E-state index is -0.829. The molecule has 4 rings (SSSR count). The van der Waals surface area contributed by atoms with Crippen molar-refractivity contribution in [1.29, 1.82) is 0 Å². The summed E-state index contributed by atoms with van der Waals surface area (Å²) < 4.78 is 28.1. The van der Waals surface area contributed by atoms with Gasteiger partial charge in [-0.2, -0.15) is 0 Å². The van der Waals surface area contributed by atoms with Crippen LogP contribution in [0.25, 0.3) is 5.65 Å². The fourth-order valence-electron chi connectivity index (χ4n) is 3.42. The Morgan fingerprint density at radius 2 is 2.04 bits per heavy atom. The van der Waals surface area contributed by atoms with Gasteiger partial charge in [0.2, 0.25) is 0 Å². The number of pyridine rings is 1. The number of carbonyl (C=O) groups excluding carboxylic acids is 1. The third-order valence-electron chi connectivity index (χ3n) is 4.90. The number of likely N-dealkylation sites (tertiary alicyclic amines) is 1. The molecule has 0 radical (unpaired) electrons. The predicted molar refractivity (Wildman–Crippen MR) is 97.4 cm³/mol. The number of hydrogen-bond acceptors (Lipinski definition) is 3. The summed E-state index contributed by atoms with van der Waals surface area (Å²) in [4.78, 5) is 18.8. The van der Waals surface area contributed by atoms with E-state index in [9.17, 15) is 13.6 Å². The average Bonchev–Trinajstić information content (AvgIpc) is 3.05. The van der Waals surface area contributed by atoms with E-state index in [-0.39, 0.29) is 5.91 Å². The molecule has 0 aliphatic carbocycles. The van der Waals surface area contributed by atoms with E-state index >= 15 is 0 Å². The second-order valence-electron chi connectivity index (χ2n) is 7.04. The Kier molecular flexibility index (Phi) is 4.61. The normalized spacial score (nSPS) is 15.1. The second-order valence-corrected chi connectivity index (χ2v) is 7.04. The Bertz CT molecular complexity index is 995. The zero-order chi connectivity index (χ0) is 19.0. The van der Waals surface area contributed by atoms with Gasteiger partial charge < -0.3 is 9.72 Å². The van der Waals surface area contributed by atoms with E-state index in [1.54, 1.807) is 12.3 Å². The lowest BCUT2D eigenvalue weighted by Gasteiger charge is -2.39. The van der Waals surface area contributed by atoms with Gasteiger partial charge in [-0.3, -0.25) is 9.69 Å². The molecule has 0 saturated carbocycles. The number of nitrogens with one attached hydrogen (secondary N) is 1. The number of halogens is 2. The van der Waals surface area contributed by atoms with E-state index in [0.717, 1.165) is 36.1 Å². The molecule has 1 aliphatic heterocycles. The fraction of sp³-hybridized carbons (Fsp3) is 0.300. The van der Waals surface area contributed by atoms with Crippen molar-refractivity contribution in [3.63, 3.8) is 0 Å². The van der Waals surface area contributed by atoms with Crippen LogP contribution in [0.3, 0.4) is 0 Å². The number of nitrogens with zero attached hydrogens (tertiary/aromatic N) is 3. The lowest BCUT2D eigenvalue weighted by Crippen LogP contribution is -2.50. The Morgan fingerprint density at radius 3 is 2.78 bits per heavy atom. The SMILES string of the molecule is Cc1cccc2nc(C(=O)NCC3CN(Cc4ccc(F)c(F)c4)C3)cn12. The molecule has 5 nitrogen and oxygen atoms in total. The first kappa shape index (κ1) is 17.6. The number of aromatic nitrogens is 2. The zero-order valence-corrected chi connectivity index (χ0v) is 15.0. The summed E-state index contributed by atoms with van der Waals surface area (Å²) in [5, 5.41) is 2.93. The minimum Gasteiger partial charge on any atom is -0.350 e. The molecule has 3 aromatic rings. The zero-order valence-electron chi connectivity index (χ0n) is 15.0. The van der Waals surface area contributed by atoms with E-state index in [0.29, 0.717) is 24.7 Å². The predicted octanol–water partition coefficient (Wildman–Crippen LogP) is 2.78. The largest absolute Gasteiger partial charge is 0.350 e. The van der Waals surface area contributed by atoms with Crippen molar-refractivity contribution >= 4 is 11.6 Å². The van der Waals surface area contributed by atoms with E-state index < -0.39 is 11.6 Å². The first-order valence-electron chi connectivity index (χ1n) is 8.89. The van der Waals surface area contributed by atoms with Crippen molar-refractivity contribution in [2.75, 3.05) is 19.6 Å². The average molecular weight is 370 g/mol. The number of imidazole rings is 1. The maximum Gasteiger partial charge on any atom is 0.271 e. The van der Waals surface area contributed by atoms with Crippen LogP contribution in [0.5, 0.6) is 0 Å². The molecule has 1 saturated heterocycles. The molecule has 1 N–H and O–H groups in total.